The van der Waals surface area contributed by atoms with E-state index in [2.05, 4.69) is 10.3 Å². The van der Waals surface area contributed by atoms with E-state index < -0.39 is 35.2 Å². The minimum atomic E-state index is -4.81. The fourth-order valence-corrected chi connectivity index (χ4v) is 3.63. The number of nitrogens with one attached hydrogen (secondary N) is 1. The molecule has 2 N–H and O–H groups in total. The monoisotopic (exact) mass is 428 g/mol. The zero-order valence-electron chi connectivity index (χ0n) is 15.8. The van der Waals surface area contributed by atoms with Gasteiger partial charge in [0.05, 0.1) is 17.4 Å². The highest BCUT2D eigenvalue weighted by Crippen LogP contribution is 2.44. The summed E-state index contributed by atoms with van der Waals surface area (Å²) in [5.74, 6) is -1.86. The number of anilines is 1. The molecule has 0 fully saturated rings. The number of nitrogens with zero attached hydrogens (tertiary/aromatic N) is 1. The quantitative estimate of drug-likeness (QED) is 0.599. The molecule has 1 aliphatic carbocycles. The molecular weight excluding hydrogens is 413 g/mol. The van der Waals surface area contributed by atoms with Crippen LogP contribution in [0.5, 0.6) is 0 Å². The summed E-state index contributed by atoms with van der Waals surface area (Å²) in [6, 6.07) is 15.8. The average Bonchev–Trinajstić information content (AvgIpc) is 3.05. The van der Waals surface area contributed by atoms with Gasteiger partial charge in [-0.3, -0.25) is 5.32 Å². The lowest BCUT2D eigenvalue weighted by atomic mass is 9.98. The fourth-order valence-electron chi connectivity index (χ4n) is 3.63. The lowest BCUT2D eigenvalue weighted by Gasteiger charge is -2.15. The van der Waals surface area contributed by atoms with Crippen LogP contribution >= 0.6 is 0 Å². The molecule has 0 radical (unpaired) electrons. The van der Waals surface area contributed by atoms with Gasteiger partial charge in [0.2, 0.25) is 0 Å². The number of benzene rings is 2. The molecule has 31 heavy (non-hydrogen) atoms. The molecule has 0 aliphatic heterocycles. The number of hydrogen-bond acceptors (Lipinski definition) is 4. The summed E-state index contributed by atoms with van der Waals surface area (Å²) in [6.07, 6.45) is -5.16. The number of aromatic carboxylic acids is 1. The number of carbonyl (C=O) groups excluding carboxylic acids is 1. The van der Waals surface area contributed by atoms with Crippen LogP contribution in [-0.2, 0) is 10.9 Å². The van der Waals surface area contributed by atoms with Crippen LogP contribution in [0.4, 0.5) is 23.7 Å². The summed E-state index contributed by atoms with van der Waals surface area (Å²) in [4.78, 5) is 26.8. The standard InChI is InChI=1S/C22H15F3N2O4/c23-22(24,25)19-9-16(20(28)29)18(10-26-19)27-21(30)31-11-17-14-7-3-1-5-12(14)13-6-2-4-8-15(13)17/h1-10,17H,11H2,(H,27,30)(H,28,29). The predicted molar refractivity (Wildman–Crippen MR) is 105 cm³/mol. The van der Waals surface area contributed by atoms with E-state index in [1.54, 1.807) is 0 Å². The van der Waals surface area contributed by atoms with Gasteiger partial charge >= 0.3 is 18.2 Å². The van der Waals surface area contributed by atoms with Crippen LogP contribution in [-0.4, -0.2) is 28.8 Å². The summed E-state index contributed by atoms with van der Waals surface area (Å²) < 4.78 is 43.7. The van der Waals surface area contributed by atoms with E-state index in [9.17, 15) is 27.9 Å². The van der Waals surface area contributed by atoms with E-state index >= 15 is 0 Å². The van der Waals surface area contributed by atoms with Gasteiger partial charge in [-0.25, -0.2) is 14.6 Å². The molecule has 6 nitrogen and oxygen atoms in total. The molecule has 9 heteroatoms. The number of rotatable bonds is 4. The first-order valence-electron chi connectivity index (χ1n) is 9.18. The van der Waals surface area contributed by atoms with Crippen molar-refractivity contribution in [3.05, 3.63) is 83.2 Å². The van der Waals surface area contributed by atoms with Crippen molar-refractivity contribution in [1.82, 2.24) is 4.98 Å². The highest BCUT2D eigenvalue weighted by molar-refractivity contribution is 5.98. The Morgan fingerprint density at radius 1 is 1.03 bits per heavy atom. The van der Waals surface area contributed by atoms with Crippen molar-refractivity contribution < 1.29 is 32.6 Å². The lowest BCUT2D eigenvalue weighted by molar-refractivity contribution is -0.141. The number of carboxylic acid groups (broad SMARTS) is 1. The topological polar surface area (TPSA) is 88.5 Å². The summed E-state index contributed by atoms with van der Waals surface area (Å²) in [6.45, 7) is -0.0314. The second-order valence-corrected chi connectivity index (χ2v) is 6.87. The molecule has 0 saturated heterocycles. The molecule has 3 aromatic rings. The molecule has 1 amide bonds. The van der Waals surface area contributed by atoms with Crippen LogP contribution in [0.1, 0.15) is 33.1 Å². The second-order valence-electron chi connectivity index (χ2n) is 6.87. The molecule has 4 rings (SSSR count). The Morgan fingerprint density at radius 2 is 1.61 bits per heavy atom. The van der Waals surface area contributed by atoms with Gasteiger partial charge in [0.25, 0.3) is 0 Å². The van der Waals surface area contributed by atoms with E-state index in [4.69, 9.17) is 4.74 Å². The Balaban J connectivity index is 1.51. The predicted octanol–water partition coefficient (Wildman–Crippen LogP) is 5.16. The van der Waals surface area contributed by atoms with E-state index in [0.717, 1.165) is 22.3 Å². The van der Waals surface area contributed by atoms with Crippen molar-refractivity contribution in [1.29, 1.82) is 0 Å². The van der Waals surface area contributed by atoms with Gasteiger partial charge in [-0.1, -0.05) is 48.5 Å². The maximum atomic E-state index is 12.8. The van der Waals surface area contributed by atoms with E-state index in [1.165, 1.54) is 0 Å². The van der Waals surface area contributed by atoms with E-state index in [0.29, 0.717) is 12.3 Å². The number of pyridine rings is 1. The Morgan fingerprint density at radius 3 is 2.16 bits per heavy atom. The minimum Gasteiger partial charge on any atom is -0.478 e. The largest absolute Gasteiger partial charge is 0.478 e. The number of amides is 1. The van der Waals surface area contributed by atoms with Gasteiger partial charge in [0.1, 0.15) is 12.3 Å². The van der Waals surface area contributed by atoms with Crippen LogP contribution < -0.4 is 5.32 Å². The minimum absolute atomic E-state index is 0.0314. The van der Waals surface area contributed by atoms with Gasteiger partial charge in [0.15, 0.2) is 0 Å². The first kappa shape index (κ1) is 20.4. The Bertz CT molecular complexity index is 1130. The first-order chi connectivity index (χ1) is 14.8. The van der Waals surface area contributed by atoms with E-state index in [-0.39, 0.29) is 12.5 Å². The molecule has 2 aromatic carbocycles. The second kappa shape index (κ2) is 7.75. The van der Waals surface area contributed by atoms with Crippen LogP contribution in [0.15, 0.2) is 60.8 Å². The van der Waals surface area contributed by atoms with Crippen molar-refractivity contribution >= 4 is 17.7 Å². The molecule has 158 valence electrons. The molecule has 1 heterocycles. The zero-order chi connectivity index (χ0) is 22.2. The first-order valence-corrected chi connectivity index (χ1v) is 9.18. The smallest absolute Gasteiger partial charge is 0.433 e. The Labute approximate surface area is 174 Å². The number of halogens is 3. The molecule has 1 aliphatic rings. The van der Waals surface area contributed by atoms with Crippen LogP contribution in [0, 0.1) is 0 Å². The number of hydrogen-bond donors (Lipinski definition) is 2. The molecule has 0 atom stereocenters. The number of aromatic nitrogens is 1. The Kier molecular flexibility index (Phi) is 5.10. The van der Waals surface area contributed by atoms with Gasteiger partial charge in [-0.05, 0) is 28.3 Å². The molecule has 1 aromatic heterocycles. The third-order valence-electron chi connectivity index (χ3n) is 5.01. The zero-order valence-corrected chi connectivity index (χ0v) is 15.8. The number of carboxylic acids is 1. The molecule has 0 spiro atoms. The normalized spacial score (nSPS) is 12.7. The van der Waals surface area contributed by atoms with Crippen molar-refractivity contribution in [3.63, 3.8) is 0 Å². The van der Waals surface area contributed by atoms with Crippen molar-refractivity contribution in [2.75, 3.05) is 11.9 Å². The highest BCUT2D eigenvalue weighted by Gasteiger charge is 2.34. The molecule has 0 saturated carbocycles. The number of ether oxygens (including phenoxy) is 1. The van der Waals surface area contributed by atoms with Crippen molar-refractivity contribution in [2.45, 2.75) is 12.1 Å². The molecular formula is C22H15F3N2O4. The summed E-state index contributed by atoms with van der Waals surface area (Å²) in [5.41, 5.74) is 1.54. The van der Waals surface area contributed by atoms with Crippen molar-refractivity contribution in [3.8, 4) is 11.1 Å². The maximum Gasteiger partial charge on any atom is 0.433 e. The van der Waals surface area contributed by atoms with Crippen LogP contribution in [0.2, 0.25) is 0 Å². The summed E-state index contributed by atoms with van der Waals surface area (Å²) in [7, 11) is 0. The van der Waals surface area contributed by atoms with Gasteiger partial charge in [-0.15, -0.1) is 0 Å². The van der Waals surface area contributed by atoms with Crippen LogP contribution in [0.25, 0.3) is 11.1 Å². The SMILES string of the molecule is O=C(Nc1cnc(C(F)(F)F)cc1C(=O)O)OCC1c2ccccc2-c2ccccc21. The molecule has 0 unspecified atom stereocenters. The van der Waals surface area contributed by atoms with Gasteiger partial charge < -0.3 is 9.84 Å². The fraction of sp³-hybridized carbons (Fsp3) is 0.136. The number of carbonyl (C=O) groups is 2. The summed E-state index contributed by atoms with van der Waals surface area (Å²) in [5, 5.41) is 11.4. The third kappa shape index (κ3) is 3.94. The van der Waals surface area contributed by atoms with Gasteiger partial charge in [0, 0.05) is 5.92 Å². The third-order valence-corrected chi connectivity index (χ3v) is 5.01. The highest BCUT2D eigenvalue weighted by atomic mass is 19.4. The number of alkyl halides is 3. The van der Waals surface area contributed by atoms with Gasteiger partial charge in [-0.2, -0.15) is 13.2 Å². The average molecular weight is 428 g/mol. The van der Waals surface area contributed by atoms with Crippen LogP contribution in [0.3, 0.4) is 0 Å². The van der Waals surface area contributed by atoms with Crippen molar-refractivity contribution in [2.24, 2.45) is 0 Å². The molecule has 0 bridgehead atoms. The number of fused-ring (bicyclic) bond motifs is 3. The summed E-state index contributed by atoms with van der Waals surface area (Å²) >= 11 is 0. The Hall–Kier alpha value is -3.88. The van der Waals surface area contributed by atoms with E-state index in [1.807, 2.05) is 48.5 Å². The lowest BCUT2D eigenvalue weighted by Crippen LogP contribution is -2.20. The maximum absolute atomic E-state index is 12.8.